The zero-order chi connectivity index (χ0) is 22.4. The van der Waals surface area contributed by atoms with Gasteiger partial charge in [0, 0.05) is 5.69 Å². The summed E-state index contributed by atoms with van der Waals surface area (Å²) in [5.74, 6) is -0.183. The number of rotatable bonds is 8. The smallest absolute Gasteiger partial charge is 0.265 e. The summed E-state index contributed by atoms with van der Waals surface area (Å²) < 4.78 is 51.7. The average molecular weight is 444 g/mol. The van der Waals surface area contributed by atoms with Crippen LogP contribution >= 0.6 is 0 Å². The molecule has 0 bridgehead atoms. The quantitative estimate of drug-likeness (QED) is 0.547. The number of ether oxygens (including phenoxy) is 2. The standard InChI is InChI=1S/C22H21FN2O5S/c1-15(30-21-10-6-5-9-20(21)29-2)22(26)24-16-11-13-17(14-12-16)31(27,28)25-19-8-4-3-7-18(19)23/h3-15,25H,1-2H3,(H,24,26). The van der Waals surface area contributed by atoms with Crippen LogP contribution in [-0.2, 0) is 14.8 Å². The van der Waals surface area contributed by atoms with Crippen LogP contribution in [0.5, 0.6) is 11.5 Å². The molecular weight excluding hydrogens is 423 g/mol. The monoisotopic (exact) mass is 444 g/mol. The number of carbonyl (C=O) groups excluding carboxylic acids is 1. The normalized spacial score (nSPS) is 12.0. The Bertz CT molecular complexity index is 1170. The van der Waals surface area contributed by atoms with Crippen molar-refractivity contribution in [1.82, 2.24) is 0 Å². The number of nitrogens with one attached hydrogen (secondary N) is 2. The largest absolute Gasteiger partial charge is 0.493 e. The molecule has 0 fully saturated rings. The molecule has 0 aromatic heterocycles. The molecule has 3 aromatic rings. The minimum Gasteiger partial charge on any atom is -0.493 e. The van der Waals surface area contributed by atoms with Crippen molar-refractivity contribution in [2.75, 3.05) is 17.1 Å². The summed E-state index contributed by atoms with van der Waals surface area (Å²) in [7, 11) is -2.48. The Morgan fingerprint density at radius 2 is 1.55 bits per heavy atom. The second-order valence-corrected chi connectivity index (χ2v) is 8.19. The first kappa shape index (κ1) is 22.1. The minimum atomic E-state index is -3.99. The first-order valence-corrected chi connectivity index (χ1v) is 10.8. The molecule has 1 amide bonds. The molecule has 1 unspecified atom stereocenters. The number of carbonyl (C=O) groups is 1. The van der Waals surface area contributed by atoms with Crippen LogP contribution in [0.4, 0.5) is 15.8 Å². The fraction of sp³-hybridized carbons (Fsp3) is 0.136. The number of sulfonamides is 1. The van der Waals surface area contributed by atoms with Gasteiger partial charge in [0.15, 0.2) is 17.6 Å². The van der Waals surface area contributed by atoms with Gasteiger partial charge in [-0.1, -0.05) is 24.3 Å². The van der Waals surface area contributed by atoms with E-state index in [1.54, 1.807) is 31.2 Å². The second-order valence-electron chi connectivity index (χ2n) is 6.51. The van der Waals surface area contributed by atoms with Crippen molar-refractivity contribution in [2.24, 2.45) is 0 Å². The predicted octanol–water partition coefficient (Wildman–Crippen LogP) is 4.04. The van der Waals surface area contributed by atoms with Gasteiger partial charge in [0.2, 0.25) is 0 Å². The topological polar surface area (TPSA) is 93.7 Å². The number of halogens is 1. The third-order valence-corrected chi connectivity index (χ3v) is 5.67. The van der Waals surface area contributed by atoms with E-state index in [1.165, 1.54) is 49.6 Å². The summed E-state index contributed by atoms with van der Waals surface area (Å²) in [5.41, 5.74) is 0.229. The van der Waals surface area contributed by atoms with Crippen molar-refractivity contribution in [3.63, 3.8) is 0 Å². The molecule has 3 rings (SSSR count). The molecule has 3 aromatic carbocycles. The Morgan fingerprint density at radius 1 is 0.935 bits per heavy atom. The molecule has 2 N–H and O–H groups in total. The van der Waals surface area contributed by atoms with E-state index in [4.69, 9.17) is 9.47 Å². The third kappa shape index (κ3) is 5.52. The van der Waals surface area contributed by atoms with E-state index < -0.39 is 27.9 Å². The molecule has 0 radical (unpaired) electrons. The summed E-state index contributed by atoms with van der Waals surface area (Å²) in [6, 6.07) is 17.9. The second kappa shape index (κ2) is 9.48. The van der Waals surface area contributed by atoms with Gasteiger partial charge in [-0.05, 0) is 55.5 Å². The van der Waals surface area contributed by atoms with Gasteiger partial charge in [-0.15, -0.1) is 0 Å². The lowest BCUT2D eigenvalue weighted by molar-refractivity contribution is -0.122. The number of anilines is 2. The van der Waals surface area contributed by atoms with Gasteiger partial charge in [0.05, 0.1) is 17.7 Å². The van der Waals surface area contributed by atoms with Crippen LogP contribution in [0, 0.1) is 5.82 Å². The van der Waals surface area contributed by atoms with Crippen molar-refractivity contribution in [2.45, 2.75) is 17.9 Å². The van der Waals surface area contributed by atoms with Crippen LogP contribution < -0.4 is 19.5 Å². The van der Waals surface area contributed by atoms with Crippen molar-refractivity contribution in [1.29, 1.82) is 0 Å². The molecular formula is C22H21FN2O5S. The van der Waals surface area contributed by atoms with Crippen LogP contribution in [0.3, 0.4) is 0 Å². The number of hydrogen-bond donors (Lipinski definition) is 2. The number of methoxy groups -OCH3 is 1. The maximum absolute atomic E-state index is 13.7. The molecule has 0 aliphatic rings. The summed E-state index contributed by atoms with van der Waals surface area (Å²) in [4.78, 5) is 12.4. The van der Waals surface area contributed by atoms with E-state index in [9.17, 15) is 17.6 Å². The van der Waals surface area contributed by atoms with E-state index in [2.05, 4.69) is 10.0 Å². The summed E-state index contributed by atoms with van der Waals surface area (Å²) in [6.45, 7) is 1.58. The van der Waals surface area contributed by atoms with Gasteiger partial charge in [-0.25, -0.2) is 12.8 Å². The molecule has 1 atom stereocenters. The highest BCUT2D eigenvalue weighted by atomic mass is 32.2. The van der Waals surface area contributed by atoms with Crippen molar-refractivity contribution < 1.29 is 27.1 Å². The van der Waals surface area contributed by atoms with Crippen molar-refractivity contribution in [3.05, 3.63) is 78.6 Å². The molecule has 0 spiro atoms. The zero-order valence-corrected chi connectivity index (χ0v) is 17.6. The molecule has 31 heavy (non-hydrogen) atoms. The Labute approximate surface area is 179 Å². The molecule has 0 saturated carbocycles. The number of hydrogen-bond acceptors (Lipinski definition) is 5. The van der Waals surface area contributed by atoms with Gasteiger partial charge < -0.3 is 14.8 Å². The predicted molar refractivity (Wildman–Crippen MR) is 115 cm³/mol. The van der Waals surface area contributed by atoms with Crippen LogP contribution in [0.25, 0.3) is 0 Å². The third-order valence-electron chi connectivity index (χ3n) is 4.29. The maximum atomic E-state index is 13.7. The fourth-order valence-corrected chi connectivity index (χ4v) is 3.74. The number of amides is 1. The lowest BCUT2D eigenvalue weighted by Gasteiger charge is -2.16. The van der Waals surface area contributed by atoms with E-state index in [1.807, 2.05) is 0 Å². The number of para-hydroxylation sites is 3. The highest BCUT2D eigenvalue weighted by molar-refractivity contribution is 7.92. The first-order valence-electron chi connectivity index (χ1n) is 9.28. The van der Waals surface area contributed by atoms with Crippen LogP contribution in [0.2, 0.25) is 0 Å². The molecule has 0 saturated heterocycles. The molecule has 0 aliphatic carbocycles. The first-order chi connectivity index (χ1) is 14.8. The molecule has 0 heterocycles. The zero-order valence-electron chi connectivity index (χ0n) is 16.8. The van der Waals surface area contributed by atoms with Crippen molar-refractivity contribution >= 4 is 27.3 Å². The minimum absolute atomic E-state index is 0.0768. The Balaban J connectivity index is 1.65. The van der Waals surface area contributed by atoms with E-state index in [-0.39, 0.29) is 10.6 Å². The molecule has 0 aliphatic heterocycles. The summed E-state index contributed by atoms with van der Waals surface area (Å²) in [6.07, 6.45) is -0.831. The average Bonchev–Trinajstić information content (AvgIpc) is 2.76. The Hall–Kier alpha value is -3.59. The van der Waals surface area contributed by atoms with E-state index in [0.29, 0.717) is 17.2 Å². The fourth-order valence-electron chi connectivity index (χ4n) is 2.67. The lowest BCUT2D eigenvalue weighted by atomic mass is 10.3. The van der Waals surface area contributed by atoms with Crippen LogP contribution in [0.15, 0.2) is 77.7 Å². The Kier molecular flexibility index (Phi) is 6.76. The SMILES string of the molecule is COc1ccccc1OC(C)C(=O)Nc1ccc(S(=O)(=O)Nc2ccccc2F)cc1. The van der Waals surface area contributed by atoms with Gasteiger partial charge >= 0.3 is 0 Å². The highest BCUT2D eigenvalue weighted by Crippen LogP contribution is 2.27. The molecule has 9 heteroatoms. The van der Waals surface area contributed by atoms with Crippen molar-refractivity contribution in [3.8, 4) is 11.5 Å². The van der Waals surface area contributed by atoms with Gasteiger partial charge in [0.1, 0.15) is 5.82 Å². The summed E-state index contributed by atoms with van der Waals surface area (Å²) in [5, 5.41) is 2.66. The van der Waals surface area contributed by atoms with Crippen LogP contribution in [0.1, 0.15) is 6.92 Å². The highest BCUT2D eigenvalue weighted by Gasteiger charge is 2.19. The summed E-state index contributed by atoms with van der Waals surface area (Å²) >= 11 is 0. The van der Waals surface area contributed by atoms with Crippen LogP contribution in [-0.4, -0.2) is 27.5 Å². The Morgan fingerprint density at radius 3 is 2.19 bits per heavy atom. The van der Waals surface area contributed by atoms with E-state index in [0.717, 1.165) is 6.07 Å². The van der Waals surface area contributed by atoms with Gasteiger partial charge in [-0.3, -0.25) is 9.52 Å². The molecule has 162 valence electrons. The molecule has 7 nitrogen and oxygen atoms in total. The van der Waals surface area contributed by atoms with Gasteiger partial charge in [0.25, 0.3) is 15.9 Å². The number of benzene rings is 3. The van der Waals surface area contributed by atoms with Gasteiger partial charge in [-0.2, -0.15) is 0 Å². The lowest BCUT2D eigenvalue weighted by Crippen LogP contribution is -2.30. The maximum Gasteiger partial charge on any atom is 0.265 e. The van der Waals surface area contributed by atoms with E-state index >= 15 is 0 Å².